The van der Waals surface area contributed by atoms with Gasteiger partial charge in [0, 0.05) is 16.8 Å². The fraction of sp³-hybridized carbons (Fsp3) is 0. The van der Waals surface area contributed by atoms with Crippen molar-refractivity contribution in [3.8, 4) is 0 Å². The topological polar surface area (TPSA) is 66.4 Å². The maximum Gasteiger partial charge on any atom is 0.347 e. The zero-order chi connectivity index (χ0) is 12.1. The van der Waals surface area contributed by atoms with E-state index in [1.54, 1.807) is 18.2 Å². The maximum absolute atomic E-state index is 11.3. The highest BCUT2D eigenvalue weighted by atomic mass is 35.5. The van der Waals surface area contributed by atoms with E-state index in [1.807, 2.05) is 0 Å². The molecule has 0 fully saturated rings. The van der Waals surface area contributed by atoms with Gasteiger partial charge in [-0.1, -0.05) is 29.3 Å². The fourth-order valence-electron chi connectivity index (χ4n) is 0.921. The zero-order valence-corrected chi connectivity index (χ0v) is 9.42. The third-order valence-corrected chi connectivity index (χ3v) is 2.06. The van der Waals surface area contributed by atoms with Crippen molar-refractivity contribution in [2.75, 3.05) is 5.32 Å². The van der Waals surface area contributed by atoms with E-state index in [0.717, 1.165) is 6.08 Å². The minimum Gasteiger partial charge on any atom is -0.477 e. The monoisotopic (exact) mass is 259 g/mol. The van der Waals surface area contributed by atoms with Crippen molar-refractivity contribution < 1.29 is 14.7 Å². The molecule has 1 aromatic rings. The number of halogens is 2. The first-order valence-corrected chi connectivity index (χ1v) is 4.91. The van der Waals surface area contributed by atoms with Gasteiger partial charge in [-0.05, 0) is 18.2 Å². The van der Waals surface area contributed by atoms with Crippen molar-refractivity contribution in [2.45, 2.75) is 0 Å². The van der Waals surface area contributed by atoms with Crippen LogP contribution < -0.4 is 5.32 Å². The predicted molar refractivity (Wildman–Crippen MR) is 61.7 cm³/mol. The molecule has 0 aliphatic heterocycles. The quantitative estimate of drug-likeness (QED) is 0.820. The molecule has 1 rings (SSSR count). The lowest BCUT2D eigenvalue weighted by atomic mass is 10.3. The minimum atomic E-state index is -1.36. The number of carbonyl (C=O) groups excluding carboxylic acids is 1. The van der Waals surface area contributed by atoms with Crippen molar-refractivity contribution in [3.63, 3.8) is 0 Å². The van der Waals surface area contributed by atoms with Crippen LogP contribution in [0.1, 0.15) is 0 Å². The summed E-state index contributed by atoms with van der Waals surface area (Å²) in [6.45, 7) is 0. The molecule has 0 saturated heterocycles. The average molecular weight is 260 g/mol. The number of anilines is 1. The van der Waals surface area contributed by atoms with Crippen LogP contribution in [-0.4, -0.2) is 17.0 Å². The molecule has 1 amide bonds. The van der Waals surface area contributed by atoms with Crippen molar-refractivity contribution in [1.29, 1.82) is 0 Å². The number of amides is 1. The Morgan fingerprint density at radius 2 is 2.06 bits per heavy atom. The lowest BCUT2D eigenvalue weighted by Crippen LogP contribution is -2.10. The second-order valence-corrected chi connectivity index (χ2v) is 3.64. The summed E-state index contributed by atoms with van der Waals surface area (Å²) in [5.41, 5.74) is 0.462. The Bertz CT molecular complexity index is 457. The SMILES string of the molecule is O=C(/C=C(/Cl)C(=O)O)Nc1cccc(Cl)c1. The molecular formula is C10H7Cl2NO3. The van der Waals surface area contributed by atoms with Crippen LogP contribution in [-0.2, 0) is 9.59 Å². The molecule has 0 atom stereocenters. The van der Waals surface area contributed by atoms with Gasteiger partial charge in [0.1, 0.15) is 5.03 Å². The summed E-state index contributed by atoms with van der Waals surface area (Å²) in [7, 11) is 0. The van der Waals surface area contributed by atoms with Gasteiger partial charge in [0.15, 0.2) is 0 Å². The Balaban J connectivity index is 2.72. The minimum absolute atomic E-state index is 0.462. The predicted octanol–water partition coefficient (Wildman–Crippen LogP) is 2.49. The van der Waals surface area contributed by atoms with Crippen LogP contribution in [0, 0.1) is 0 Å². The van der Waals surface area contributed by atoms with Crippen molar-refractivity contribution in [2.24, 2.45) is 0 Å². The normalized spacial score (nSPS) is 11.0. The van der Waals surface area contributed by atoms with Crippen LogP contribution in [0.25, 0.3) is 0 Å². The van der Waals surface area contributed by atoms with E-state index in [-0.39, 0.29) is 0 Å². The number of hydrogen-bond donors (Lipinski definition) is 2. The van der Waals surface area contributed by atoms with E-state index in [9.17, 15) is 9.59 Å². The number of benzene rings is 1. The van der Waals surface area contributed by atoms with E-state index in [2.05, 4.69) is 5.32 Å². The molecule has 0 unspecified atom stereocenters. The fourth-order valence-corrected chi connectivity index (χ4v) is 1.21. The molecule has 4 nitrogen and oxygen atoms in total. The molecule has 2 N–H and O–H groups in total. The van der Waals surface area contributed by atoms with Gasteiger partial charge in [-0.25, -0.2) is 4.79 Å². The van der Waals surface area contributed by atoms with Gasteiger partial charge in [-0.3, -0.25) is 4.79 Å². The second-order valence-electron chi connectivity index (χ2n) is 2.80. The molecule has 0 radical (unpaired) electrons. The highest BCUT2D eigenvalue weighted by Gasteiger charge is 2.06. The number of rotatable bonds is 3. The number of aliphatic carboxylic acids is 1. The van der Waals surface area contributed by atoms with Gasteiger partial charge in [0.25, 0.3) is 0 Å². The summed E-state index contributed by atoms with van der Waals surface area (Å²) in [5.74, 6) is -1.99. The first-order valence-electron chi connectivity index (χ1n) is 4.16. The molecule has 0 saturated carbocycles. The summed E-state index contributed by atoms with van der Waals surface area (Å²) in [6, 6.07) is 6.45. The van der Waals surface area contributed by atoms with Crippen LogP contribution in [0.15, 0.2) is 35.4 Å². The molecule has 0 heterocycles. The molecule has 0 aliphatic carbocycles. The molecule has 0 aliphatic rings. The summed E-state index contributed by atoms with van der Waals surface area (Å²) in [5, 5.41) is 10.8. The molecular weight excluding hydrogens is 253 g/mol. The van der Waals surface area contributed by atoms with Gasteiger partial charge < -0.3 is 10.4 Å². The summed E-state index contributed by atoms with van der Waals surface area (Å²) in [6.07, 6.45) is 0.783. The Morgan fingerprint density at radius 3 is 2.62 bits per heavy atom. The number of hydrogen-bond acceptors (Lipinski definition) is 2. The Hall–Kier alpha value is -1.52. The van der Waals surface area contributed by atoms with Crippen LogP contribution in [0.5, 0.6) is 0 Å². The van der Waals surface area contributed by atoms with Crippen LogP contribution in [0.2, 0.25) is 5.02 Å². The van der Waals surface area contributed by atoms with Gasteiger partial charge in [0.2, 0.25) is 5.91 Å². The number of carbonyl (C=O) groups is 2. The molecule has 1 aromatic carbocycles. The van der Waals surface area contributed by atoms with E-state index >= 15 is 0 Å². The standard InChI is InChI=1S/C10H7Cl2NO3/c11-6-2-1-3-7(4-6)13-9(14)5-8(12)10(15)16/h1-5H,(H,13,14)(H,15,16)/b8-5+. The molecule has 16 heavy (non-hydrogen) atoms. The van der Waals surface area contributed by atoms with Gasteiger partial charge in [-0.15, -0.1) is 0 Å². The Kier molecular flexibility index (Phi) is 4.34. The number of nitrogens with one attached hydrogen (secondary N) is 1. The van der Waals surface area contributed by atoms with Crippen LogP contribution >= 0.6 is 23.2 Å². The molecule has 0 bridgehead atoms. The highest BCUT2D eigenvalue weighted by Crippen LogP contribution is 2.15. The van der Waals surface area contributed by atoms with E-state index < -0.39 is 16.9 Å². The van der Waals surface area contributed by atoms with Crippen molar-refractivity contribution >= 4 is 40.8 Å². The lowest BCUT2D eigenvalue weighted by molar-refractivity contribution is -0.132. The maximum atomic E-state index is 11.3. The summed E-state index contributed by atoms with van der Waals surface area (Å²) in [4.78, 5) is 21.6. The van der Waals surface area contributed by atoms with E-state index in [0.29, 0.717) is 10.7 Å². The Morgan fingerprint density at radius 1 is 1.38 bits per heavy atom. The number of carboxylic acids is 1. The molecule has 0 aromatic heterocycles. The summed E-state index contributed by atoms with van der Waals surface area (Å²) < 4.78 is 0. The van der Waals surface area contributed by atoms with Gasteiger partial charge in [0.05, 0.1) is 0 Å². The third-order valence-electron chi connectivity index (χ3n) is 1.55. The second kappa shape index (κ2) is 5.53. The van der Waals surface area contributed by atoms with Crippen LogP contribution in [0.3, 0.4) is 0 Å². The zero-order valence-electron chi connectivity index (χ0n) is 7.91. The average Bonchev–Trinajstić information content (AvgIpc) is 2.16. The lowest BCUT2D eigenvalue weighted by Gasteiger charge is -2.01. The molecule has 84 valence electrons. The highest BCUT2D eigenvalue weighted by molar-refractivity contribution is 6.42. The molecule has 0 spiro atoms. The van der Waals surface area contributed by atoms with E-state index in [4.69, 9.17) is 28.3 Å². The van der Waals surface area contributed by atoms with Crippen molar-refractivity contribution in [3.05, 3.63) is 40.4 Å². The summed E-state index contributed by atoms with van der Waals surface area (Å²) >= 11 is 11.0. The Labute approximate surface area is 101 Å². The number of carboxylic acid groups (broad SMARTS) is 1. The molecule has 6 heteroatoms. The van der Waals surface area contributed by atoms with Gasteiger partial charge in [-0.2, -0.15) is 0 Å². The smallest absolute Gasteiger partial charge is 0.347 e. The largest absolute Gasteiger partial charge is 0.477 e. The first kappa shape index (κ1) is 12.5. The first-order chi connectivity index (χ1) is 7.49. The van der Waals surface area contributed by atoms with Crippen molar-refractivity contribution in [1.82, 2.24) is 0 Å². The third kappa shape index (κ3) is 3.92. The van der Waals surface area contributed by atoms with Gasteiger partial charge >= 0.3 is 5.97 Å². The van der Waals surface area contributed by atoms with Crippen LogP contribution in [0.4, 0.5) is 5.69 Å². The van der Waals surface area contributed by atoms with E-state index in [1.165, 1.54) is 6.07 Å².